The fraction of sp³-hybridized carbons (Fsp3) is 0.188. The highest BCUT2D eigenvalue weighted by Gasteiger charge is 2.11. The summed E-state index contributed by atoms with van der Waals surface area (Å²) >= 11 is 6.10. The standard InChI is InChI=1S/C16H17ClN2O3/c1-10-5-4-6-12(17)15(10)19-16(20)18-13-9-11(21-2)7-8-14(13)22-3/h4-9H,1-3H3,(H2,18,19,20). The minimum atomic E-state index is -0.414. The van der Waals surface area contributed by atoms with Crippen molar-refractivity contribution in [2.24, 2.45) is 0 Å². The summed E-state index contributed by atoms with van der Waals surface area (Å²) in [5.74, 6) is 1.15. The fourth-order valence-electron chi connectivity index (χ4n) is 1.97. The van der Waals surface area contributed by atoms with E-state index in [1.807, 2.05) is 19.1 Å². The predicted molar refractivity (Wildman–Crippen MR) is 88.4 cm³/mol. The first-order valence-electron chi connectivity index (χ1n) is 6.60. The Morgan fingerprint density at radius 1 is 1.09 bits per heavy atom. The Hall–Kier alpha value is -2.40. The van der Waals surface area contributed by atoms with Crippen LogP contribution in [0.2, 0.25) is 5.02 Å². The lowest BCUT2D eigenvalue weighted by molar-refractivity contribution is 0.262. The normalized spacial score (nSPS) is 10.0. The van der Waals surface area contributed by atoms with E-state index in [0.717, 1.165) is 5.56 Å². The zero-order valence-corrected chi connectivity index (χ0v) is 13.3. The number of urea groups is 1. The topological polar surface area (TPSA) is 59.6 Å². The average molecular weight is 321 g/mol. The molecule has 2 N–H and O–H groups in total. The molecule has 0 radical (unpaired) electrons. The Morgan fingerprint density at radius 3 is 2.50 bits per heavy atom. The van der Waals surface area contributed by atoms with Gasteiger partial charge in [0, 0.05) is 6.07 Å². The molecular formula is C16H17ClN2O3. The summed E-state index contributed by atoms with van der Waals surface area (Å²) in [5.41, 5.74) is 1.95. The van der Waals surface area contributed by atoms with E-state index in [9.17, 15) is 4.79 Å². The van der Waals surface area contributed by atoms with Crippen molar-refractivity contribution < 1.29 is 14.3 Å². The van der Waals surface area contributed by atoms with Crippen molar-refractivity contribution in [3.8, 4) is 11.5 Å². The number of carbonyl (C=O) groups excluding carboxylic acids is 1. The molecule has 0 heterocycles. The molecule has 0 fully saturated rings. The zero-order chi connectivity index (χ0) is 16.1. The first-order chi connectivity index (χ1) is 10.5. The number of amides is 2. The maximum absolute atomic E-state index is 12.2. The summed E-state index contributed by atoms with van der Waals surface area (Å²) in [6.45, 7) is 1.87. The van der Waals surface area contributed by atoms with Gasteiger partial charge in [-0.2, -0.15) is 0 Å². The third-order valence-corrected chi connectivity index (χ3v) is 3.43. The molecule has 0 aliphatic heterocycles. The third-order valence-electron chi connectivity index (χ3n) is 3.12. The van der Waals surface area contributed by atoms with Gasteiger partial charge in [0.1, 0.15) is 11.5 Å². The molecule has 2 aromatic carbocycles. The van der Waals surface area contributed by atoms with Crippen LogP contribution >= 0.6 is 11.6 Å². The highest BCUT2D eigenvalue weighted by molar-refractivity contribution is 6.34. The van der Waals surface area contributed by atoms with Crippen molar-refractivity contribution >= 4 is 29.0 Å². The van der Waals surface area contributed by atoms with E-state index >= 15 is 0 Å². The minimum absolute atomic E-state index is 0.414. The van der Waals surface area contributed by atoms with Crippen LogP contribution in [-0.4, -0.2) is 20.3 Å². The fourth-order valence-corrected chi connectivity index (χ4v) is 2.24. The van der Waals surface area contributed by atoms with Crippen molar-refractivity contribution in [1.82, 2.24) is 0 Å². The molecule has 2 aromatic rings. The maximum atomic E-state index is 12.2. The first-order valence-corrected chi connectivity index (χ1v) is 6.98. The van der Waals surface area contributed by atoms with Gasteiger partial charge < -0.3 is 20.1 Å². The lowest BCUT2D eigenvalue weighted by Crippen LogP contribution is -2.20. The Labute approximate surface area is 134 Å². The van der Waals surface area contributed by atoms with Gasteiger partial charge in [0.25, 0.3) is 0 Å². The first kappa shape index (κ1) is 16.0. The average Bonchev–Trinajstić information content (AvgIpc) is 2.51. The van der Waals surface area contributed by atoms with E-state index in [2.05, 4.69) is 10.6 Å². The van der Waals surface area contributed by atoms with Gasteiger partial charge in [-0.15, -0.1) is 0 Å². The van der Waals surface area contributed by atoms with Crippen LogP contribution in [0.5, 0.6) is 11.5 Å². The molecule has 2 amide bonds. The largest absolute Gasteiger partial charge is 0.497 e. The smallest absolute Gasteiger partial charge is 0.323 e. The molecule has 0 aliphatic rings. The van der Waals surface area contributed by atoms with Crippen LogP contribution in [0.4, 0.5) is 16.2 Å². The Kier molecular flexibility index (Phi) is 5.12. The summed E-state index contributed by atoms with van der Waals surface area (Å²) in [4.78, 5) is 12.2. The second kappa shape index (κ2) is 7.04. The van der Waals surface area contributed by atoms with Gasteiger partial charge in [-0.25, -0.2) is 4.79 Å². The van der Waals surface area contributed by atoms with Gasteiger partial charge in [-0.3, -0.25) is 0 Å². The number of aryl methyl sites for hydroxylation is 1. The van der Waals surface area contributed by atoms with E-state index in [1.54, 1.807) is 31.4 Å². The van der Waals surface area contributed by atoms with E-state index in [-0.39, 0.29) is 0 Å². The van der Waals surface area contributed by atoms with Gasteiger partial charge in [0.2, 0.25) is 0 Å². The summed E-state index contributed by atoms with van der Waals surface area (Å²) in [7, 11) is 3.09. The molecular weight excluding hydrogens is 304 g/mol. The SMILES string of the molecule is COc1ccc(OC)c(NC(=O)Nc2c(C)cccc2Cl)c1. The second-order valence-corrected chi connectivity index (χ2v) is 4.98. The molecule has 6 heteroatoms. The molecule has 0 atom stereocenters. The number of benzene rings is 2. The Bertz CT molecular complexity index is 669. The number of rotatable bonds is 4. The number of methoxy groups -OCH3 is 2. The summed E-state index contributed by atoms with van der Waals surface area (Å²) in [6, 6.07) is 10.1. The number of halogens is 1. The Balaban J connectivity index is 2.19. The lowest BCUT2D eigenvalue weighted by atomic mass is 10.2. The molecule has 22 heavy (non-hydrogen) atoms. The van der Waals surface area contributed by atoms with Gasteiger partial charge in [0.15, 0.2) is 0 Å². The molecule has 0 saturated carbocycles. The minimum Gasteiger partial charge on any atom is -0.497 e. The van der Waals surface area contributed by atoms with Gasteiger partial charge in [0.05, 0.1) is 30.6 Å². The molecule has 5 nitrogen and oxygen atoms in total. The van der Waals surface area contributed by atoms with Crippen LogP contribution in [-0.2, 0) is 0 Å². The van der Waals surface area contributed by atoms with E-state index < -0.39 is 6.03 Å². The predicted octanol–water partition coefficient (Wildman–Crippen LogP) is 4.31. The quantitative estimate of drug-likeness (QED) is 0.882. The number of hydrogen-bond acceptors (Lipinski definition) is 3. The molecule has 0 spiro atoms. The zero-order valence-electron chi connectivity index (χ0n) is 12.6. The third kappa shape index (κ3) is 3.62. The summed E-state index contributed by atoms with van der Waals surface area (Å²) < 4.78 is 10.4. The van der Waals surface area contributed by atoms with Crippen molar-refractivity contribution in [2.75, 3.05) is 24.9 Å². The van der Waals surface area contributed by atoms with Crippen LogP contribution in [0.25, 0.3) is 0 Å². The van der Waals surface area contributed by atoms with Gasteiger partial charge >= 0.3 is 6.03 Å². The van der Waals surface area contributed by atoms with Crippen LogP contribution in [0, 0.1) is 6.92 Å². The highest BCUT2D eigenvalue weighted by atomic mass is 35.5. The highest BCUT2D eigenvalue weighted by Crippen LogP contribution is 2.30. The molecule has 0 saturated heterocycles. The van der Waals surface area contributed by atoms with Crippen LogP contribution in [0.15, 0.2) is 36.4 Å². The lowest BCUT2D eigenvalue weighted by Gasteiger charge is -2.14. The number of carbonyl (C=O) groups is 1. The molecule has 0 bridgehead atoms. The molecule has 0 unspecified atom stereocenters. The van der Waals surface area contributed by atoms with Crippen LogP contribution < -0.4 is 20.1 Å². The monoisotopic (exact) mass is 320 g/mol. The number of anilines is 2. The van der Waals surface area contributed by atoms with E-state index in [1.165, 1.54) is 7.11 Å². The number of hydrogen-bond donors (Lipinski definition) is 2. The van der Waals surface area contributed by atoms with Crippen LogP contribution in [0.3, 0.4) is 0 Å². The van der Waals surface area contributed by atoms with Crippen molar-refractivity contribution in [1.29, 1.82) is 0 Å². The number of ether oxygens (including phenoxy) is 2. The van der Waals surface area contributed by atoms with Crippen molar-refractivity contribution in [2.45, 2.75) is 6.92 Å². The Morgan fingerprint density at radius 2 is 1.86 bits per heavy atom. The molecule has 0 aromatic heterocycles. The van der Waals surface area contributed by atoms with Crippen molar-refractivity contribution in [3.63, 3.8) is 0 Å². The summed E-state index contributed by atoms with van der Waals surface area (Å²) in [5, 5.41) is 5.94. The van der Waals surface area contributed by atoms with Gasteiger partial charge in [-0.1, -0.05) is 23.7 Å². The summed E-state index contributed by atoms with van der Waals surface area (Å²) in [6.07, 6.45) is 0. The van der Waals surface area contributed by atoms with Crippen LogP contribution in [0.1, 0.15) is 5.56 Å². The molecule has 2 rings (SSSR count). The van der Waals surface area contributed by atoms with Gasteiger partial charge in [-0.05, 0) is 30.7 Å². The second-order valence-electron chi connectivity index (χ2n) is 4.58. The number of nitrogens with one attached hydrogen (secondary N) is 2. The molecule has 116 valence electrons. The van der Waals surface area contributed by atoms with E-state index in [4.69, 9.17) is 21.1 Å². The number of para-hydroxylation sites is 1. The van der Waals surface area contributed by atoms with E-state index in [0.29, 0.717) is 27.9 Å². The molecule has 0 aliphatic carbocycles. The maximum Gasteiger partial charge on any atom is 0.323 e. The van der Waals surface area contributed by atoms with Crippen molar-refractivity contribution in [3.05, 3.63) is 47.0 Å².